The summed E-state index contributed by atoms with van der Waals surface area (Å²) >= 11 is 0. The SMILES string of the molecule is CC/C=C/C/C=C/C/C=C/C/C=C/C/C=C/CCC(=O)OCC(COCCC(C(=O)[O-])[N+](C)(C)C)OC(=O)CCCCCCC/C=C/C=C/CCCCCCCCC. The van der Waals surface area contributed by atoms with Crippen molar-refractivity contribution in [2.45, 2.75) is 174 Å². The number of likely N-dealkylation sites (N-methyl/N-ethyl adjacent to an activating group) is 1. The number of carboxylic acids is 1. The van der Waals surface area contributed by atoms with Gasteiger partial charge in [0, 0.05) is 19.3 Å². The predicted octanol–water partition coefficient (Wildman–Crippen LogP) is 11.2. The molecule has 0 aliphatic heterocycles. The second kappa shape index (κ2) is 40.3. The average molecular weight is 810 g/mol. The second-order valence-corrected chi connectivity index (χ2v) is 15.9. The largest absolute Gasteiger partial charge is 0.544 e. The number of hydrogen-bond donors (Lipinski definition) is 0. The van der Waals surface area contributed by atoms with Crippen LogP contribution < -0.4 is 5.11 Å². The minimum absolute atomic E-state index is 0.00648. The number of unbranched alkanes of at least 4 members (excludes halogenated alkanes) is 12. The molecule has 0 amide bonds. The molecule has 0 N–H and O–H groups in total. The minimum Gasteiger partial charge on any atom is -0.544 e. The van der Waals surface area contributed by atoms with E-state index in [1.807, 2.05) is 12.2 Å². The van der Waals surface area contributed by atoms with Crippen molar-refractivity contribution in [3.63, 3.8) is 0 Å². The van der Waals surface area contributed by atoms with Crippen molar-refractivity contribution in [2.75, 3.05) is 41.0 Å². The molecule has 0 saturated carbocycles. The summed E-state index contributed by atoms with van der Waals surface area (Å²) in [5, 5.41) is 11.6. The van der Waals surface area contributed by atoms with Crippen LogP contribution in [0.4, 0.5) is 0 Å². The zero-order valence-electron chi connectivity index (χ0n) is 37.4. The lowest BCUT2D eigenvalue weighted by atomic mass is 10.1. The standard InChI is InChI=1S/C50H83NO7/c1-6-8-10-12-14-16-18-20-22-24-25-27-29-31-33-35-37-39-41-49(53)58-46(44-56-43-42-47(50(54)55)51(3,4)5)45-57-48(52)40-38-36-34-32-30-28-26-23-21-19-17-15-13-11-9-7-2/h9,11,15,17,21-25,27-28,30,34,36,46-47H,6-8,10,12-14,16,18-20,26,29,31-33,35,37-45H2,1-5H3/b11-9+,17-15+,23-21+,24-22+,27-25+,30-28+,36-34+. The zero-order chi connectivity index (χ0) is 42.8. The number of esters is 2. The van der Waals surface area contributed by atoms with Gasteiger partial charge in [-0.3, -0.25) is 9.59 Å². The molecule has 0 rings (SSSR count). The Bertz CT molecular complexity index is 1220. The summed E-state index contributed by atoms with van der Waals surface area (Å²) in [5.74, 6) is -1.87. The molecule has 2 unspecified atom stereocenters. The number of hydrogen-bond acceptors (Lipinski definition) is 7. The summed E-state index contributed by atoms with van der Waals surface area (Å²) < 4.78 is 17.1. The van der Waals surface area contributed by atoms with E-state index >= 15 is 0 Å². The first-order chi connectivity index (χ1) is 28.1. The van der Waals surface area contributed by atoms with Crippen LogP contribution in [0.3, 0.4) is 0 Å². The van der Waals surface area contributed by atoms with Crippen LogP contribution in [0.1, 0.15) is 162 Å². The molecule has 0 aliphatic rings. The first-order valence-electron chi connectivity index (χ1n) is 22.6. The van der Waals surface area contributed by atoms with E-state index in [1.165, 1.54) is 44.9 Å². The average Bonchev–Trinajstić information content (AvgIpc) is 3.18. The number of carbonyl (C=O) groups is 3. The Hall–Kier alpha value is -3.49. The molecule has 8 heteroatoms. The smallest absolute Gasteiger partial charge is 0.306 e. The second-order valence-electron chi connectivity index (χ2n) is 15.9. The maximum absolute atomic E-state index is 12.7. The van der Waals surface area contributed by atoms with E-state index in [1.54, 1.807) is 21.1 Å². The molecule has 0 saturated heterocycles. The van der Waals surface area contributed by atoms with Gasteiger partial charge in [-0.05, 0) is 70.6 Å². The molecule has 0 radical (unpaired) electrons. The van der Waals surface area contributed by atoms with Crippen molar-refractivity contribution < 1.29 is 38.2 Å². The van der Waals surface area contributed by atoms with Gasteiger partial charge >= 0.3 is 11.9 Å². The summed E-state index contributed by atoms with van der Waals surface area (Å²) in [4.78, 5) is 36.8. The highest BCUT2D eigenvalue weighted by Crippen LogP contribution is 2.12. The summed E-state index contributed by atoms with van der Waals surface area (Å²) in [6.07, 6.45) is 51.9. The Kier molecular flexibility index (Phi) is 37.9. The molecule has 0 aromatic heterocycles. The molecule has 2 atom stereocenters. The number of aliphatic carboxylic acids is 1. The van der Waals surface area contributed by atoms with Crippen LogP contribution in [0.5, 0.6) is 0 Å². The molecule has 0 heterocycles. The Balaban J connectivity index is 4.48. The maximum atomic E-state index is 12.7. The molecule has 0 fully saturated rings. The molecule has 0 bridgehead atoms. The number of nitrogens with zero attached hydrogens (tertiary/aromatic N) is 1. The number of carboxylic acid groups (broad SMARTS) is 1. The van der Waals surface area contributed by atoms with Crippen molar-refractivity contribution in [3.05, 3.63) is 85.1 Å². The van der Waals surface area contributed by atoms with Gasteiger partial charge in [0.1, 0.15) is 12.6 Å². The van der Waals surface area contributed by atoms with Gasteiger partial charge in [-0.2, -0.15) is 0 Å². The van der Waals surface area contributed by atoms with Crippen molar-refractivity contribution in [1.29, 1.82) is 0 Å². The topological polar surface area (TPSA) is 102 Å². The third-order valence-electron chi connectivity index (χ3n) is 9.56. The number of allylic oxidation sites excluding steroid dienone is 14. The molecule has 58 heavy (non-hydrogen) atoms. The van der Waals surface area contributed by atoms with E-state index in [2.05, 4.69) is 86.8 Å². The van der Waals surface area contributed by atoms with E-state index in [-0.39, 0.29) is 55.5 Å². The highest BCUT2D eigenvalue weighted by Gasteiger charge is 2.25. The first kappa shape index (κ1) is 54.5. The maximum Gasteiger partial charge on any atom is 0.306 e. The monoisotopic (exact) mass is 810 g/mol. The van der Waals surface area contributed by atoms with E-state index < -0.39 is 18.1 Å². The van der Waals surface area contributed by atoms with Crippen LogP contribution in [0, 0.1) is 0 Å². The normalized spacial score (nSPS) is 13.7. The van der Waals surface area contributed by atoms with Crippen LogP contribution >= 0.6 is 0 Å². The lowest BCUT2D eigenvalue weighted by Crippen LogP contribution is -2.55. The molecule has 0 spiro atoms. The van der Waals surface area contributed by atoms with E-state index in [4.69, 9.17) is 14.2 Å². The van der Waals surface area contributed by atoms with Crippen LogP contribution in [-0.4, -0.2) is 75.5 Å². The van der Waals surface area contributed by atoms with Gasteiger partial charge in [0.25, 0.3) is 0 Å². The number of carbonyl (C=O) groups excluding carboxylic acids is 3. The fraction of sp³-hybridized carbons (Fsp3) is 0.660. The van der Waals surface area contributed by atoms with Crippen molar-refractivity contribution in [1.82, 2.24) is 0 Å². The number of quaternary nitrogens is 1. The Labute approximate surface area is 354 Å². The van der Waals surface area contributed by atoms with Crippen molar-refractivity contribution in [3.8, 4) is 0 Å². The van der Waals surface area contributed by atoms with E-state index in [9.17, 15) is 19.5 Å². The van der Waals surface area contributed by atoms with Crippen molar-refractivity contribution in [2.24, 2.45) is 0 Å². The molecular weight excluding hydrogens is 727 g/mol. The van der Waals surface area contributed by atoms with Crippen molar-refractivity contribution >= 4 is 17.9 Å². The molecular formula is C50H83NO7. The van der Waals surface area contributed by atoms with Gasteiger partial charge in [0.15, 0.2) is 6.10 Å². The van der Waals surface area contributed by atoms with Gasteiger partial charge in [-0.25, -0.2) is 0 Å². The van der Waals surface area contributed by atoms with Crippen LogP contribution in [0.2, 0.25) is 0 Å². The summed E-state index contributed by atoms with van der Waals surface area (Å²) in [5.41, 5.74) is 0. The minimum atomic E-state index is -1.14. The van der Waals surface area contributed by atoms with Gasteiger partial charge in [-0.1, -0.05) is 157 Å². The van der Waals surface area contributed by atoms with Crippen LogP contribution in [0.25, 0.3) is 0 Å². The lowest BCUT2D eigenvalue weighted by molar-refractivity contribution is -0.889. The first-order valence-corrected chi connectivity index (χ1v) is 22.6. The Morgan fingerprint density at radius 2 is 1.05 bits per heavy atom. The van der Waals surface area contributed by atoms with Crippen LogP contribution in [-0.2, 0) is 28.6 Å². The number of ether oxygens (including phenoxy) is 3. The third kappa shape index (κ3) is 38.1. The zero-order valence-corrected chi connectivity index (χ0v) is 37.4. The fourth-order valence-electron chi connectivity index (χ4n) is 6.05. The third-order valence-corrected chi connectivity index (χ3v) is 9.56. The van der Waals surface area contributed by atoms with Gasteiger partial charge in [-0.15, -0.1) is 0 Å². The highest BCUT2D eigenvalue weighted by molar-refractivity contribution is 5.70. The summed E-state index contributed by atoms with van der Waals surface area (Å²) in [6.45, 7) is 4.43. The van der Waals surface area contributed by atoms with Gasteiger partial charge < -0.3 is 28.6 Å². The molecule has 8 nitrogen and oxygen atoms in total. The molecule has 0 aliphatic carbocycles. The Morgan fingerprint density at radius 3 is 1.57 bits per heavy atom. The molecule has 0 aromatic rings. The van der Waals surface area contributed by atoms with Gasteiger partial charge in [0.2, 0.25) is 0 Å². The van der Waals surface area contributed by atoms with Gasteiger partial charge in [0.05, 0.1) is 40.3 Å². The molecule has 330 valence electrons. The summed E-state index contributed by atoms with van der Waals surface area (Å²) in [6, 6.07) is -0.743. The predicted molar refractivity (Wildman–Crippen MR) is 240 cm³/mol. The quantitative estimate of drug-likeness (QED) is 0.0200. The summed E-state index contributed by atoms with van der Waals surface area (Å²) in [7, 11) is 5.37. The number of rotatable bonds is 39. The Morgan fingerprint density at radius 1 is 0.552 bits per heavy atom. The van der Waals surface area contributed by atoms with Crippen LogP contribution in [0.15, 0.2) is 85.1 Å². The van der Waals surface area contributed by atoms with E-state index in [0.29, 0.717) is 6.42 Å². The highest BCUT2D eigenvalue weighted by atomic mass is 16.6. The van der Waals surface area contributed by atoms with E-state index in [0.717, 1.165) is 77.0 Å². The molecule has 0 aromatic carbocycles. The lowest BCUT2D eigenvalue weighted by Gasteiger charge is -2.34. The fourth-order valence-corrected chi connectivity index (χ4v) is 6.05.